The Morgan fingerprint density at radius 1 is 1.15 bits per heavy atom. The van der Waals surface area contributed by atoms with E-state index in [4.69, 9.17) is 21.1 Å². The summed E-state index contributed by atoms with van der Waals surface area (Å²) in [5, 5.41) is 10.5. The van der Waals surface area contributed by atoms with E-state index in [0.717, 1.165) is 19.3 Å². The van der Waals surface area contributed by atoms with Crippen molar-refractivity contribution < 1.29 is 27.8 Å². The first-order valence-corrected chi connectivity index (χ1v) is 15.5. The average molecular weight is 596 g/mol. The van der Waals surface area contributed by atoms with Crippen LogP contribution in [0.4, 0.5) is 5.69 Å². The van der Waals surface area contributed by atoms with Gasteiger partial charge in [-0.05, 0) is 89.7 Å². The van der Waals surface area contributed by atoms with E-state index in [9.17, 15) is 18.3 Å². The molecule has 1 aliphatic rings. The van der Waals surface area contributed by atoms with Crippen LogP contribution in [0.25, 0.3) is 0 Å². The number of nitrogens with zero attached hydrogens (tertiary/aromatic N) is 2. The van der Waals surface area contributed by atoms with E-state index >= 15 is 0 Å². The fourth-order valence-electron chi connectivity index (χ4n) is 4.64. The fourth-order valence-corrected chi connectivity index (χ4v) is 5.81. The van der Waals surface area contributed by atoms with Gasteiger partial charge >= 0.3 is 0 Å². The van der Waals surface area contributed by atoms with Gasteiger partial charge in [0.25, 0.3) is 15.9 Å². The molecule has 0 fully saturated rings. The molecule has 40 heavy (non-hydrogen) atoms. The van der Waals surface area contributed by atoms with Crippen molar-refractivity contribution in [2.75, 3.05) is 45.1 Å². The maximum absolute atomic E-state index is 14.1. The number of hydrogen-bond acceptors (Lipinski definition) is 7. The summed E-state index contributed by atoms with van der Waals surface area (Å²) >= 11 is 5.92. The first-order chi connectivity index (χ1) is 18.9. The lowest BCUT2D eigenvalue weighted by Crippen LogP contribution is -2.47. The second kappa shape index (κ2) is 14.5. The van der Waals surface area contributed by atoms with E-state index in [1.54, 1.807) is 24.0 Å². The zero-order valence-electron chi connectivity index (χ0n) is 24.0. The highest BCUT2D eigenvalue weighted by molar-refractivity contribution is 7.92. The fraction of sp³-hybridized carbons (Fsp3) is 0.552. The highest BCUT2D eigenvalue weighted by atomic mass is 35.5. The number of likely N-dealkylation sites (N-methyl/N-ethyl adjacent to an activating group) is 1. The van der Waals surface area contributed by atoms with Crippen LogP contribution in [0.3, 0.4) is 0 Å². The molecule has 0 unspecified atom stereocenters. The number of nitrogens with one attached hydrogen (secondary N) is 1. The normalized spacial score (nSPS) is 22.2. The van der Waals surface area contributed by atoms with Gasteiger partial charge in [-0.2, -0.15) is 0 Å². The van der Waals surface area contributed by atoms with Crippen LogP contribution in [0, 0.1) is 5.92 Å². The second-order valence-corrected chi connectivity index (χ2v) is 13.0. The van der Waals surface area contributed by atoms with E-state index in [1.807, 2.05) is 27.9 Å². The summed E-state index contributed by atoms with van der Waals surface area (Å²) in [6.45, 7) is 7.20. The molecular formula is C29H42ClN3O6S. The quantitative estimate of drug-likeness (QED) is 0.485. The van der Waals surface area contributed by atoms with Crippen LogP contribution in [0.1, 0.15) is 50.4 Å². The lowest BCUT2D eigenvalue weighted by molar-refractivity contribution is -0.0137. The van der Waals surface area contributed by atoms with Gasteiger partial charge in [0.2, 0.25) is 0 Å². The van der Waals surface area contributed by atoms with Crippen LogP contribution < -0.4 is 9.46 Å². The van der Waals surface area contributed by atoms with Crippen molar-refractivity contribution in [3.8, 4) is 5.75 Å². The lowest BCUT2D eigenvalue weighted by Gasteiger charge is -2.35. The molecule has 11 heteroatoms. The Labute approximate surface area is 243 Å². The summed E-state index contributed by atoms with van der Waals surface area (Å²) in [7, 11) is 0.0459. The summed E-state index contributed by atoms with van der Waals surface area (Å²) in [6.07, 6.45) is 2.28. The predicted molar refractivity (Wildman–Crippen MR) is 158 cm³/mol. The van der Waals surface area contributed by atoms with Crippen LogP contribution in [-0.4, -0.2) is 87.9 Å². The van der Waals surface area contributed by atoms with Gasteiger partial charge in [0.15, 0.2) is 0 Å². The number of halogens is 1. The number of benzene rings is 2. The first-order valence-electron chi connectivity index (χ1n) is 13.7. The Morgan fingerprint density at radius 3 is 2.50 bits per heavy atom. The predicted octanol–water partition coefficient (Wildman–Crippen LogP) is 4.50. The molecule has 0 saturated carbocycles. The average Bonchev–Trinajstić information content (AvgIpc) is 2.90. The molecule has 1 aliphatic heterocycles. The number of sulfonamides is 1. The maximum Gasteiger partial charge on any atom is 0.261 e. The number of anilines is 1. The molecule has 9 nitrogen and oxygen atoms in total. The lowest BCUT2D eigenvalue weighted by atomic mass is 10.0. The third-order valence-electron chi connectivity index (χ3n) is 6.97. The van der Waals surface area contributed by atoms with Crippen LogP contribution >= 0.6 is 11.6 Å². The standard InChI is InChI=1S/C29H42ClN3O6S/c1-20-17-33(21(2)19-34)29(35)26-16-24(31-40(36,37)25-12-9-23(30)10-13-25)11-14-27(26)39-22(3)8-6-7-15-38-28(20)18-32(4)5/h9-14,16,20-22,28,31,34H,6-8,15,17-19H2,1-5H3/t20-,21-,22-,28-/m1/s1. The first kappa shape index (κ1) is 32.1. The number of amides is 1. The van der Waals surface area contributed by atoms with Gasteiger partial charge in [-0.1, -0.05) is 18.5 Å². The molecule has 2 aromatic rings. The maximum atomic E-state index is 14.1. The molecule has 0 aliphatic carbocycles. The minimum absolute atomic E-state index is 0.0295. The van der Waals surface area contributed by atoms with Gasteiger partial charge in [-0.3, -0.25) is 9.52 Å². The Morgan fingerprint density at radius 2 is 1.85 bits per heavy atom. The number of rotatable bonds is 7. The van der Waals surface area contributed by atoms with E-state index < -0.39 is 16.1 Å². The number of hydrogen-bond donors (Lipinski definition) is 2. The number of carbonyl (C=O) groups excluding carboxylic acids is 1. The number of aliphatic hydroxyl groups is 1. The summed E-state index contributed by atoms with van der Waals surface area (Å²) in [5.41, 5.74) is 0.440. The third-order valence-corrected chi connectivity index (χ3v) is 8.62. The van der Waals surface area contributed by atoms with Gasteiger partial charge < -0.3 is 24.4 Å². The van der Waals surface area contributed by atoms with Gasteiger partial charge in [0, 0.05) is 36.3 Å². The summed E-state index contributed by atoms with van der Waals surface area (Å²) in [6, 6.07) is 10.1. The molecular weight excluding hydrogens is 554 g/mol. The number of fused-ring (bicyclic) bond motifs is 1. The van der Waals surface area contributed by atoms with Crippen molar-refractivity contribution in [2.45, 2.75) is 63.2 Å². The van der Waals surface area contributed by atoms with Gasteiger partial charge in [-0.15, -0.1) is 0 Å². The SMILES string of the molecule is C[C@@H]1CCCCO[C@H](CN(C)C)[C@H](C)CN([C@H](C)CO)C(=O)c2cc(NS(=O)(=O)c3ccc(Cl)cc3)ccc2O1. The Balaban J connectivity index is 2.02. The minimum atomic E-state index is -3.93. The molecule has 0 bridgehead atoms. The molecule has 0 saturated heterocycles. The van der Waals surface area contributed by atoms with Crippen LogP contribution in [0.15, 0.2) is 47.4 Å². The molecule has 4 atom stereocenters. The Kier molecular flexibility index (Phi) is 11.7. The second-order valence-electron chi connectivity index (χ2n) is 10.8. The molecule has 0 radical (unpaired) electrons. The Bertz CT molecular complexity index is 1220. The van der Waals surface area contributed by atoms with E-state index in [2.05, 4.69) is 9.62 Å². The topological polar surface area (TPSA) is 108 Å². The van der Waals surface area contributed by atoms with Crippen molar-refractivity contribution in [3.63, 3.8) is 0 Å². The van der Waals surface area contributed by atoms with Crippen LogP contribution in [0.2, 0.25) is 5.02 Å². The summed E-state index contributed by atoms with van der Waals surface area (Å²) in [5.74, 6) is -0.0186. The number of ether oxygens (including phenoxy) is 2. The summed E-state index contributed by atoms with van der Waals surface area (Å²) in [4.78, 5) is 17.8. The largest absolute Gasteiger partial charge is 0.490 e. The molecule has 3 rings (SSSR count). The van der Waals surface area contributed by atoms with Crippen molar-refractivity contribution >= 4 is 33.2 Å². The van der Waals surface area contributed by atoms with Crippen molar-refractivity contribution in [2.24, 2.45) is 5.92 Å². The van der Waals surface area contributed by atoms with E-state index in [0.29, 0.717) is 30.5 Å². The number of aliphatic hydroxyl groups excluding tert-OH is 1. The molecule has 0 spiro atoms. The zero-order chi connectivity index (χ0) is 29.4. The van der Waals surface area contributed by atoms with Crippen molar-refractivity contribution in [1.29, 1.82) is 0 Å². The molecule has 2 aromatic carbocycles. The smallest absolute Gasteiger partial charge is 0.261 e. The highest BCUT2D eigenvalue weighted by Gasteiger charge is 2.30. The van der Waals surface area contributed by atoms with Crippen molar-refractivity contribution in [3.05, 3.63) is 53.1 Å². The van der Waals surface area contributed by atoms with Crippen LogP contribution in [-0.2, 0) is 14.8 Å². The monoisotopic (exact) mass is 595 g/mol. The third kappa shape index (κ3) is 8.81. The van der Waals surface area contributed by atoms with Crippen molar-refractivity contribution in [1.82, 2.24) is 9.80 Å². The van der Waals surface area contributed by atoms with E-state index in [1.165, 1.54) is 30.3 Å². The van der Waals surface area contributed by atoms with Gasteiger partial charge in [-0.25, -0.2) is 8.42 Å². The van der Waals surface area contributed by atoms with Gasteiger partial charge in [0.1, 0.15) is 5.75 Å². The number of carbonyl (C=O) groups is 1. The molecule has 2 N–H and O–H groups in total. The van der Waals surface area contributed by atoms with E-state index in [-0.39, 0.29) is 46.8 Å². The van der Waals surface area contributed by atoms with Gasteiger partial charge in [0.05, 0.1) is 35.3 Å². The summed E-state index contributed by atoms with van der Waals surface area (Å²) < 4.78 is 41.1. The molecule has 222 valence electrons. The zero-order valence-corrected chi connectivity index (χ0v) is 25.5. The Hall–Kier alpha value is -2.37. The minimum Gasteiger partial charge on any atom is -0.490 e. The highest BCUT2D eigenvalue weighted by Crippen LogP contribution is 2.29. The molecule has 1 amide bonds. The molecule has 1 heterocycles. The van der Waals surface area contributed by atoms with Crippen LogP contribution in [0.5, 0.6) is 5.75 Å². The molecule has 0 aromatic heterocycles.